The molecule has 1 aromatic carbocycles. The Balaban J connectivity index is 2.76. The van der Waals surface area contributed by atoms with E-state index in [1.807, 2.05) is 13.8 Å². The molecule has 0 aliphatic rings. The summed E-state index contributed by atoms with van der Waals surface area (Å²) in [4.78, 5) is 22.7. The van der Waals surface area contributed by atoms with Crippen LogP contribution in [-0.2, 0) is 16.0 Å². The lowest BCUT2D eigenvalue weighted by molar-refractivity contribution is -0.136. The van der Waals surface area contributed by atoms with Gasteiger partial charge in [-0.05, 0) is 24.0 Å². The van der Waals surface area contributed by atoms with Crippen LogP contribution in [0, 0.1) is 5.92 Å². The first kappa shape index (κ1) is 15.2. The number of hydrogen-bond acceptors (Lipinski definition) is 3. The molecule has 19 heavy (non-hydrogen) atoms. The second-order valence-corrected chi connectivity index (χ2v) is 4.95. The first-order valence-corrected chi connectivity index (χ1v) is 6.26. The van der Waals surface area contributed by atoms with Gasteiger partial charge in [0.25, 0.3) is 0 Å². The monoisotopic (exact) mass is 264 g/mol. The number of anilines is 1. The van der Waals surface area contributed by atoms with Gasteiger partial charge in [0.05, 0.1) is 12.5 Å². The molecule has 0 unspecified atom stereocenters. The second kappa shape index (κ2) is 6.89. The van der Waals surface area contributed by atoms with Crippen LogP contribution in [0.4, 0.5) is 5.69 Å². The molecule has 0 saturated heterocycles. The van der Waals surface area contributed by atoms with Crippen molar-refractivity contribution < 1.29 is 14.7 Å². The van der Waals surface area contributed by atoms with Crippen molar-refractivity contribution >= 4 is 17.6 Å². The molecule has 4 N–H and O–H groups in total. The van der Waals surface area contributed by atoms with E-state index < -0.39 is 12.0 Å². The molecule has 0 fully saturated rings. The third kappa shape index (κ3) is 5.09. The normalized spacial score (nSPS) is 12.2. The number of aliphatic carboxylic acids is 1. The zero-order valence-electron chi connectivity index (χ0n) is 11.2. The molecule has 5 nitrogen and oxygen atoms in total. The molecule has 0 bridgehead atoms. The van der Waals surface area contributed by atoms with Crippen LogP contribution in [-0.4, -0.2) is 23.0 Å². The lowest BCUT2D eigenvalue weighted by Gasteiger charge is -2.15. The van der Waals surface area contributed by atoms with Crippen molar-refractivity contribution in [3.63, 3.8) is 0 Å². The van der Waals surface area contributed by atoms with Gasteiger partial charge in [-0.15, -0.1) is 0 Å². The van der Waals surface area contributed by atoms with Crippen molar-refractivity contribution in [2.45, 2.75) is 32.7 Å². The van der Waals surface area contributed by atoms with Gasteiger partial charge in [-0.25, -0.2) is 0 Å². The molecule has 0 aliphatic heterocycles. The minimum atomic E-state index is -0.937. The van der Waals surface area contributed by atoms with Gasteiger partial charge in [-0.1, -0.05) is 32.0 Å². The van der Waals surface area contributed by atoms with E-state index in [9.17, 15) is 9.59 Å². The van der Waals surface area contributed by atoms with E-state index in [0.29, 0.717) is 23.6 Å². The fraction of sp³-hybridized carbons (Fsp3) is 0.429. The maximum Gasteiger partial charge on any atom is 0.307 e. The zero-order chi connectivity index (χ0) is 14.4. The molecule has 0 saturated carbocycles. The number of para-hydroxylation sites is 1. The Morgan fingerprint density at radius 1 is 1.32 bits per heavy atom. The number of carbonyl (C=O) groups is 2. The topological polar surface area (TPSA) is 92.4 Å². The standard InChI is InChI=1S/C14H20N2O3/c1-9(2)7-11(15)14(19)16-12-6-4-3-5-10(12)8-13(17)18/h3-6,9,11H,7-8,15H2,1-2H3,(H,16,19)(H,17,18)/t11-/m0/s1. The first-order valence-electron chi connectivity index (χ1n) is 6.26. The van der Waals surface area contributed by atoms with Crippen molar-refractivity contribution in [2.24, 2.45) is 11.7 Å². The molecule has 1 aromatic rings. The molecule has 5 heteroatoms. The SMILES string of the molecule is CC(C)C[C@H](N)C(=O)Nc1ccccc1CC(=O)O. The van der Waals surface area contributed by atoms with Gasteiger partial charge in [0, 0.05) is 5.69 Å². The first-order chi connectivity index (χ1) is 8.90. The van der Waals surface area contributed by atoms with Crippen LogP contribution in [0.25, 0.3) is 0 Å². The van der Waals surface area contributed by atoms with Gasteiger partial charge in [-0.3, -0.25) is 9.59 Å². The van der Waals surface area contributed by atoms with Crippen LogP contribution >= 0.6 is 0 Å². The highest BCUT2D eigenvalue weighted by atomic mass is 16.4. The molecule has 1 rings (SSSR count). The smallest absolute Gasteiger partial charge is 0.307 e. The molecule has 0 aliphatic carbocycles. The predicted molar refractivity (Wildman–Crippen MR) is 73.8 cm³/mol. The second-order valence-electron chi connectivity index (χ2n) is 4.95. The van der Waals surface area contributed by atoms with Crippen molar-refractivity contribution in [3.8, 4) is 0 Å². The van der Waals surface area contributed by atoms with Gasteiger partial charge >= 0.3 is 5.97 Å². The third-order valence-corrected chi connectivity index (χ3v) is 2.68. The minimum Gasteiger partial charge on any atom is -0.481 e. The molecular weight excluding hydrogens is 244 g/mol. The van der Waals surface area contributed by atoms with E-state index in [2.05, 4.69) is 5.32 Å². The summed E-state index contributed by atoms with van der Waals surface area (Å²) >= 11 is 0. The van der Waals surface area contributed by atoms with Crippen molar-refractivity contribution in [1.82, 2.24) is 0 Å². The average molecular weight is 264 g/mol. The molecule has 1 amide bonds. The summed E-state index contributed by atoms with van der Waals surface area (Å²) < 4.78 is 0. The fourth-order valence-electron chi connectivity index (χ4n) is 1.80. The van der Waals surface area contributed by atoms with Crippen molar-refractivity contribution in [1.29, 1.82) is 0 Å². The van der Waals surface area contributed by atoms with Crippen LogP contribution in [0.3, 0.4) is 0 Å². The quantitative estimate of drug-likeness (QED) is 0.728. The predicted octanol–water partition coefficient (Wildman–Crippen LogP) is 1.63. The number of nitrogens with two attached hydrogens (primary N) is 1. The molecule has 1 atom stereocenters. The zero-order valence-corrected chi connectivity index (χ0v) is 11.2. The highest BCUT2D eigenvalue weighted by Gasteiger charge is 2.16. The lowest BCUT2D eigenvalue weighted by Crippen LogP contribution is -2.36. The van der Waals surface area contributed by atoms with Crippen LogP contribution in [0.5, 0.6) is 0 Å². The maximum absolute atomic E-state index is 11.9. The van der Waals surface area contributed by atoms with E-state index in [1.165, 1.54) is 0 Å². The summed E-state index contributed by atoms with van der Waals surface area (Å²) in [5, 5.41) is 11.5. The van der Waals surface area contributed by atoms with E-state index in [-0.39, 0.29) is 12.3 Å². The van der Waals surface area contributed by atoms with Crippen LogP contribution in [0.1, 0.15) is 25.8 Å². The third-order valence-electron chi connectivity index (χ3n) is 2.68. The summed E-state index contributed by atoms with van der Waals surface area (Å²) in [6, 6.07) is 6.25. The number of hydrogen-bond donors (Lipinski definition) is 3. The number of carboxylic acid groups (broad SMARTS) is 1. The van der Waals surface area contributed by atoms with Gasteiger partial charge < -0.3 is 16.2 Å². The Hall–Kier alpha value is -1.88. The Bertz CT molecular complexity index is 458. The van der Waals surface area contributed by atoms with E-state index in [0.717, 1.165) is 0 Å². The van der Waals surface area contributed by atoms with Crippen LogP contribution in [0.15, 0.2) is 24.3 Å². The highest BCUT2D eigenvalue weighted by Crippen LogP contribution is 2.16. The Morgan fingerprint density at radius 3 is 2.53 bits per heavy atom. The highest BCUT2D eigenvalue weighted by molar-refractivity contribution is 5.95. The van der Waals surface area contributed by atoms with Crippen LogP contribution < -0.4 is 11.1 Å². The van der Waals surface area contributed by atoms with Crippen molar-refractivity contribution in [2.75, 3.05) is 5.32 Å². The van der Waals surface area contributed by atoms with Gasteiger partial charge in [0.2, 0.25) is 5.91 Å². The molecule has 104 valence electrons. The summed E-state index contributed by atoms with van der Waals surface area (Å²) in [7, 11) is 0. The summed E-state index contributed by atoms with van der Waals surface area (Å²) in [5.74, 6) is -0.894. The number of carbonyl (C=O) groups excluding carboxylic acids is 1. The molecule has 0 aromatic heterocycles. The lowest BCUT2D eigenvalue weighted by atomic mass is 10.0. The van der Waals surface area contributed by atoms with E-state index in [4.69, 9.17) is 10.8 Å². The number of rotatable bonds is 6. The molecular formula is C14H20N2O3. The van der Waals surface area contributed by atoms with Gasteiger partial charge in [0.15, 0.2) is 0 Å². The van der Waals surface area contributed by atoms with E-state index >= 15 is 0 Å². The fourth-order valence-corrected chi connectivity index (χ4v) is 1.80. The number of benzene rings is 1. The number of carboxylic acids is 1. The van der Waals surface area contributed by atoms with Gasteiger partial charge in [0.1, 0.15) is 0 Å². The van der Waals surface area contributed by atoms with Crippen molar-refractivity contribution in [3.05, 3.63) is 29.8 Å². The maximum atomic E-state index is 11.9. The van der Waals surface area contributed by atoms with Crippen LogP contribution in [0.2, 0.25) is 0 Å². The number of amides is 1. The number of nitrogens with one attached hydrogen (secondary N) is 1. The Labute approximate surface area is 112 Å². The minimum absolute atomic E-state index is 0.129. The molecule has 0 spiro atoms. The molecule has 0 heterocycles. The van der Waals surface area contributed by atoms with Gasteiger partial charge in [-0.2, -0.15) is 0 Å². The largest absolute Gasteiger partial charge is 0.481 e. The average Bonchev–Trinajstić information content (AvgIpc) is 2.30. The summed E-state index contributed by atoms with van der Waals surface area (Å²) in [6.45, 7) is 3.98. The Kier molecular flexibility index (Phi) is 5.51. The summed E-state index contributed by atoms with van der Waals surface area (Å²) in [6.07, 6.45) is 0.461. The molecule has 0 radical (unpaired) electrons. The summed E-state index contributed by atoms with van der Waals surface area (Å²) in [5.41, 5.74) is 6.87. The Morgan fingerprint density at radius 2 is 1.95 bits per heavy atom. The van der Waals surface area contributed by atoms with E-state index in [1.54, 1.807) is 24.3 Å².